The number of esters is 1. The molecule has 0 radical (unpaired) electrons. The van der Waals surface area contributed by atoms with Gasteiger partial charge in [0.2, 0.25) is 5.88 Å². The average molecular weight is 507 g/mol. The number of hydrogen-bond donors (Lipinski definition) is 1. The van der Waals surface area contributed by atoms with Crippen molar-refractivity contribution in [3.63, 3.8) is 0 Å². The normalized spacial score (nSPS) is 14.5. The van der Waals surface area contributed by atoms with Gasteiger partial charge in [0.1, 0.15) is 28.9 Å². The van der Waals surface area contributed by atoms with E-state index in [0.717, 1.165) is 27.1 Å². The Labute approximate surface area is 213 Å². The number of ether oxygens (including phenoxy) is 3. The zero-order valence-electron chi connectivity index (χ0n) is 19.4. The lowest BCUT2D eigenvalue weighted by Crippen LogP contribution is -2.21. The molecule has 4 rings (SSSR count). The molecule has 0 spiro atoms. The summed E-state index contributed by atoms with van der Waals surface area (Å²) in [5.74, 6) is 0.313. The SMILES string of the molecule is CSc1ccc(C2C(C#N)=C(N)Oc3cc(OC(=O)COc4cc(C)c(Cl)c(C)c4)ccc32)cc1. The molecule has 1 aliphatic rings. The smallest absolute Gasteiger partial charge is 0.349 e. The maximum atomic E-state index is 12.4. The molecule has 1 heterocycles. The average Bonchev–Trinajstić information content (AvgIpc) is 2.85. The highest BCUT2D eigenvalue weighted by atomic mass is 35.5. The molecule has 3 aromatic rings. The van der Waals surface area contributed by atoms with Gasteiger partial charge in [-0.15, -0.1) is 11.8 Å². The van der Waals surface area contributed by atoms with Crippen LogP contribution < -0.4 is 19.9 Å². The number of benzene rings is 3. The molecular formula is C27H23ClN2O4S. The van der Waals surface area contributed by atoms with E-state index in [1.165, 1.54) is 0 Å². The van der Waals surface area contributed by atoms with Crippen LogP contribution in [0.15, 0.2) is 70.9 Å². The molecule has 1 atom stereocenters. The Morgan fingerprint density at radius 3 is 2.43 bits per heavy atom. The topological polar surface area (TPSA) is 94.6 Å². The number of nitriles is 1. The Hall–Kier alpha value is -3.60. The van der Waals surface area contributed by atoms with Crippen LogP contribution in [-0.2, 0) is 4.79 Å². The molecule has 6 nitrogen and oxygen atoms in total. The minimum Gasteiger partial charge on any atom is -0.482 e. The number of nitrogens with two attached hydrogens (primary N) is 1. The summed E-state index contributed by atoms with van der Waals surface area (Å²) >= 11 is 7.82. The second kappa shape index (κ2) is 10.3. The van der Waals surface area contributed by atoms with E-state index in [4.69, 9.17) is 31.5 Å². The third-order valence-corrected chi connectivity index (χ3v) is 6.98. The van der Waals surface area contributed by atoms with Crippen molar-refractivity contribution in [3.8, 4) is 23.3 Å². The van der Waals surface area contributed by atoms with Gasteiger partial charge in [-0.05, 0) is 67.1 Å². The van der Waals surface area contributed by atoms with E-state index in [1.807, 2.05) is 44.4 Å². The number of carbonyl (C=O) groups excluding carboxylic acids is 1. The first kappa shape index (κ1) is 24.5. The zero-order chi connectivity index (χ0) is 25.1. The van der Waals surface area contributed by atoms with Gasteiger partial charge in [0.15, 0.2) is 6.61 Å². The standard InChI is InChI=1S/C27H23ClN2O4S/c1-15-10-19(11-16(2)26(15)28)32-14-24(31)33-18-6-9-21-23(12-18)34-27(30)22(13-29)25(21)17-4-7-20(35-3)8-5-17/h4-12,25H,14,30H2,1-3H3. The predicted octanol–water partition coefficient (Wildman–Crippen LogP) is 5.88. The summed E-state index contributed by atoms with van der Waals surface area (Å²) < 4.78 is 16.7. The lowest BCUT2D eigenvalue weighted by atomic mass is 9.83. The maximum Gasteiger partial charge on any atom is 0.349 e. The van der Waals surface area contributed by atoms with Crippen molar-refractivity contribution in [1.29, 1.82) is 5.26 Å². The Bertz CT molecular complexity index is 1340. The Morgan fingerprint density at radius 1 is 1.11 bits per heavy atom. The number of nitrogens with zero attached hydrogens (tertiary/aromatic N) is 1. The van der Waals surface area contributed by atoms with Crippen LogP contribution in [0.4, 0.5) is 0 Å². The van der Waals surface area contributed by atoms with Gasteiger partial charge < -0.3 is 19.9 Å². The number of halogens is 1. The second-order valence-electron chi connectivity index (χ2n) is 8.03. The quantitative estimate of drug-likeness (QED) is 0.253. The minimum absolute atomic E-state index is 0.0271. The monoisotopic (exact) mass is 506 g/mol. The molecule has 3 aromatic carbocycles. The van der Waals surface area contributed by atoms with E-state index in [-0.39, 0.29) is 24.2 Å². The van der Waals surface area contributed by atoms with Crippen LogP contribution in [0.5, 0.6) is 17.2 Å². The largest absolute Gasteiger partial charge is 0.482 e. The van der Waals surface area contributed by atoms with Crippen molar-refractivity contribution in [3.05, 3.63) is 93.3 Å². The molecule has 1 aliphatic heterocycles. The summed E-state index contributed by atoms with van der Waals surface area (Å²) in [4.78, 5) is 13.5. The molecule has 0 aromatic heterocycles. The van der Waals surface area contributed by atoms with Gasteiger partial charge >= 0.3 is 5.97 Å². The Balaban J connectivity index is 1.53. The first-order valence-corrected chi connectivity index (χ1v) is 12.4. The molecule has 0 fully saturated rings. The summed E-state index contributed by atoms with van der Waals surface area (Å²) in [7, 11) is 0. The highest BCUT2D eigenvalue weighted by Crippen LogP contribution is 2.43. The van der Waals surface area contributed by atoms with Gasteiger partial charge in [-0.1, -0.05) is 29.8 Å². The van der Waals surface area contributed by atoms with E-state index in [1.54, 1.807) is 42.1 Å². The van der Waals surface area contributed by atoms with E-state index < -0.39 is 5.97 Å². The first-order valence-electron chi connectivity index (χ1n) is 10.8. The number of allylic oxidation sites excluding steroid dienone is 1. The van der Waals surface area contributed by atoms with Crippen molar-refractivity contribution < 1.29 is 19.0 Å². The van der Waals surface area contributed by atoms with Crippen LogP contribution in [0.3, 0.4) is 0 Å². The Morgan fingerprint density at radius 2 is 1.80 bits per heavy atom. The highest BCUT2D eigenvalue weighted by Gasteiger charge is 2.31. The van der Waals surface area contributed by atoms with Crippen molar-refractivity contribution in [2.75, 3.05) is 12.9 Å². The number of aryl methyl sites for hydroxylation is 2. The summed E-state index contributed by atoms with van der Waals surface area (Å²) in [5, 5.41) is 10.4. The summed E-state index contributed by atoms with van der Waals surface area (Å²) in [6.45, 7) is 3.47. The molecule has 178 valence electrons. The van der Waals surface area contributed by atoms with Gasteiger partial charge in [-0.2, -0.15) is 5.26 Å². The number of carbonyl (C=O) groups is 1. The van der Waals surface area contributed by atoms with Gasteiger partial charge in [-0.25, -0.2) is 4.79 Å². The van der Waals surface area contributed by atoms with Crippen molar-refractivity contribution >= 4 is 29.3 Å². The van der Waals surface area contributed by atoms with Gasteiger partial charge in [0.25, 0.3) is 0 Å². The predicted molar refractivity (Wildman–Crippen MR) is 136 cm³/mol. The number of fused-ring (bicyclic) bond motifs is 1. The van der Waals surface area contributed by atoms with E-state index in [2.05, 4.69) is 6.07 Å². The lowest BCUT2D eigenvalue weighted by molar-refractivity contribution is -0.136. The van der Waals surface area contributed by atoms with Gasteiger partial charge in [0.05, 0.1) is 5.92 Å². The fourth-order valence-electron chi connectivity index (χ4n) is 3.93. The third-order valence-electron chi connectivity index (χ3n) is 5.64. The van der Waals surface area contributed by atoms with E-state index in [0.29, 0.717) is 22.1 Å². The van der Waals surface area contributed by atoms with Gasteiger partial charge in [-0.3, -0.25) is 0 Å². The molecule has 0 saturated carbocycles. The number of hydrogen-bond acceptors (Lipinski definition) is 7. The van der Waals surface area contributed by atoms with Crippen LogP contribution in [0.2, 0.25) is 5.02 Å². The molecule has 1 unspecified atom stereocenters. The van der Waals surface area contributed by atoms with E-state index >= 15 is 0 Å². The molecule has 8 heteroatoms. The van der Waals surface area contributed by atoms with Crippen molar-refractivity contribution in [1.82, 2.24) is 0 Å². The first-order chi connectivity index (χ1) is 16.8. The lowest BCUT2D eigenvalue weighted by Gasteiger charge is -2.26. The fraction of sp³-hybridized carbons (Fsp3) is 0.185. The van der Waals surface area contributed by atoms with E-state index in [9.17, 15) is 10.1 Å². The fourth-order valence-corrected chi connectivity index (χ4v) is 4.45. The molecule has 0 bridgehead atoms. The van der Waals surface area contributed by atoms with Crippen LogP contribution in [0.1, 0.15) is 28.2 Å². The summed E-state index contributed by atoms with van der Waals surface area (Å²) in [6.07, 6.45) is 2.00. The third kappa shape index (κ3) is 5.24. The van der Waals surface area contributed by atoms with Crippen LogP contribution in [0, 0.1) is 25.2 Å². The maximum absolute atomic E-state index is 12.4. The summed E-state index contributed by atoms with van der Waals surface area (Å²) in [6, 6.07) is 18.7. The van der Waals surface area contributed by atoms with Gasteiger partial charge in [0, 0.05) is 21.5 Å². The second-order valence-corrected chi connectivity index (χ2v) is 9.29. The van der Waals surface area contributed by atoms with Crippen LogP contribution in [0.25, 0.3) is 0 Å². The minimum atomic E-state index is -0.573. The van der Waals surface area contributed by atoms with Crippen LogP contribution in [-0.4, -0.2) is 18.8 Å². The number of thioether (sulfide) groups is 1. The molecule has 0 aliphatic carbocycles. The molecule has 0 amide bonds. The van der Waals surface area contributed by atoms with Crippen molar-refractivity contribution in [2.45, 2.75) is 24.7 Å². The molecular weight excluding hydrogens is 484 g/mol. The highest BCUT2D eigenvalue weighted by molar-refractivity contribution is 7.98. The molecule has 35 heavy (non-hydrogen) atoms. The number of rotatable bonds is 6. The molecule has 0 saturated heterocycles. The van der Waals surface area contributed by atoms with Crippen molar-refractivity contribution in [2.24, 2.45) is 5.73 Å². The zero-order valence-corrected chi connectivity index (χ0v) is 21.0. The van der Waals surface area contributed by atoms with Crippen LogP contribution >= 0.6 is 23.4 Å². The summed E-state index contributed by atoms with van der Waals surface area (Å²) in [5.41, 5.74) is 9.82. The molecule has 2 N–H and O–H groups in total. The Kier molecular flexibility index (Phi) is 7.25.